The van der Waals surface area contributed by atoms with Gasteiger partial charge in [0.25, 0.3) is 0 Å². The molecule has 102 valence electrons. The van der Waals surface area contributed by atoms with E-state index in [0.717, 1.165) is 32.8 Å². The predicted molar refractivity (Wildman–Crippen MR) is 73.8 cm³/mol. The van der Waals surface area contributed by atoms with Gasteiger partial charge in [-0.2, -0.15) is 0 Å². The van der Waals surface area contributed by atoms with Gasteiger partial charge in [-0.05, 0) is 37.8 Å². The van der Waals surface area contributed by atoms with Crippen molar-refractivity contribution in [1.29, 1.82) is 0 Å². The molecule has 0 radical (unpaired) electrons. The highest BCUT2D eigenvalue weighted by Gasteiger charge is 2.37. The third-order valence-corrected chi connectivity index (χ3v) is 4.70. The first-order valence-corrected chi connectivity index (χ1v) is 7.12. The minimum atomic E-state index is 0.318. The Bertz CT molecular complexity index is 298. The summed E-state index contributed by atoms with van der Waals surface area (Å²) in [5.74, 6) is 0.318. The van der Waals surface area contributed by atoms with E-state index in [-0.39, 0.29) is 0 Å². The summed E-state index contributed by atoms with van der Waals surface area (Å²) in [6.07, 6.45) is 5.54. The van der Waals surface area contributed by atoms with E-state index in [9.17, 15) is 4.79 Å². The zero-order valence-corrected chi connectivity index (χ0v) is 11.5. The van der Waals surface area contributed by atoms with Crippen molar-refractivity contribution in [2.45, 2.75) is 39.0 Å². The Morgan fingerprint density at radius 1 is 1.17 bits per heavy atom. The van der Waals surface area contributed by atoms with Gasteiger partial charge in [-0.3, -0.25) is 14.7 Å². The van der Waals surface area contributed by atoms with E-state index in [1.165, 1.54) is 25.7 Å². The zero-order valence-electron chi connectivity index (χ0n) is 11.5. The molecule has 0 aromatic carbocycles. The second-order valence-corrected chi connectivity index (χ2v) is 5.72. The van der Waals surface area contributed by atoms with Gasteiger partial charge in [0, 0.05) is 32.6 Å². The molecule has 2 aliphatic rings. The largest absolute Gasteiger partial charge is 0.343 e. The molecule has 0 aromatic rings. The molecule has 0 aliphatic carbocycles. The monoisotopic (exact) mass is 251 g/mol. The summed E-state index contributed by atoms with van der Waals surface area (Å²) >= 11 is 0. The lowest BCUT2D eigenvalue weighted by molar-refractivity contribution is -0.133. The highest BCUT2D eigenvalue weighted by Crippen LogP contribution is 2.41. The van der Waals surface area contributed by atoms with E-state index >= 15 is 0 Å². The number of aliphatic imine (C=N–C) groups is 1. The van der Waals surface area contributed by atoms with Gasteiger partial charge in [0.2, 0.25) is 5.91 Å². The van der Waals surface area contributed by atoms with E-state index in [1.54, 1.807) is 0 Å². The average Bonchev–Trinajstić information content (AvgIpc) is 2.42. The van der Waals surface area contributed by atoms with Crippen molar-refractivity contribution in [2.24, 2.45) is 10.4 Å². The molecule has 0 bridgehead atoms. The highest BCUT2D eigenvalue weighted by atomic mass is 16.2. The Balaban J connectivity index is 1.82. The minimum absolute atomic E-state index is 0.318. The first kappa shape index (κ1) is 13.5. The fourth-order valence-corrected chi connectivity index (χ4v) is 3.26. The molecule has 2 aliphatic heterocycles. The number of carbonyl (C=O) groups is 1. The zero-order chi connectivity index (χ0) is 13.0. The molecule has 0 aromatic heterocycles. The molecule has 1 spiro atoms. The molecule has 0 unspecified atom stereocenters. The molecular weight excluding hydrogens is 226 g/mol. The number of carbonyl (C=O) groups excluding carboxylic acids is 1. The van der Waals surface area contributed by atoms with Crippen LogP contribution in [0.5, 0.6) is 0 Å². The van der Waals surface area contributed by atoms with Crippen LogP contribution in [0.25, 0.3) is 0 Å². The van der Waals surface area contributed by atoms with Crippen molar-refractivity contribution in [1.82, 2.24) is 9.80 Å². The summed E-state index contributed by atoms with van der Waals surface area (Å²) in [7, 11) is 0. The van der Waals surface area contributed by atoms with Gasteiger partial charge < -0.3 is 4.90 Å². The van der Waals surface area contributed by atoms with E-state index in [2.05, 4.69) is 16.6 Å². The number of piperidine rings is 2. The number of rotatable bonds is 3. The average molecular weight is 251 g/mol. The Kier molecular flexibility index (Phi) is 4.38. The van der Waals surface area contributed by atoms with Gasteiger partial charge in [-0.25, -0.2) is 0 Å². The number of likely N-dealkylation sites (tertiary alicyclic amines) is 2. The van der Waals surface area contributed by atoms with Crippen LogP contribution in [-0.2, 0) is 4.79 Å². The lowest BCUT2D eigenvalue weighted by Crippen LogP contribution is -2.48. The third-order valence-electron chi connectivity index (χ3n) is 4.70. The standard InChI is InChI=1S/C14H25N3O/c1-3-13(18)17-10-6-14(7-11-17)4-8-16(9-5-14)12-15-2/h2-12H2,1H3. The molecule has 4 heteroatoms. The van der Waals surface area contributed by atoms with Crippen LogP contribution in [0, 0.1) is 5.41 Å². The van der Waals surface area contributed by atoms with Crippen LogP contribution in [0.4, 0.5) is 0 Å². The van der Waals surface area contributed by atoms with E-state index < -0.39 is 0 Å². The summed E-state index contributed by atoms with van der Waals surface area (Å²) in [5, 5.41) is 0. The van der Waals surface area contributed by atoms with Crippen molar-refractivity contribution in [3.63, 3.8) is 0 Å². The molecule has 0 saturated carbocycles. The third kappa shape index (κ3) is 2.91. The van der Waals surface area contributed by atoms with E-state index in [1.807, 2.05) is 11.8 Å². The summed E-state index contributed by atoms with van der Waals surface area (Å²) in [4.78, 5) is 20.1. The number of amides is 1. The maximum Gasteiger partial charge on any atom is 0.222 e. The predicted octanol–water partition coefficient (Wildman–Crippen LogP) is 1.76. The van der Waals surface area contributed by atoms with Crippen molar-refractivity contribution < 1.29 is 4.79 Å². The molecule has 4 nitrogen and oxygen atoms in total. The summed E-state index contributed by atoms with van der Waals surface area (Å²) in [6.45, 7) is 10.5. The Labute approximate surface area is 110 Å². The van der Waals surface area contributed by atoms with Crippen LogP contribution in [0.2, 0.25) is 0 Å². The topological polar surface area (TPSA) is 35.9 Å². The van der Waals surface area contributed by atoms with Gasteiger partial charge in [-0.15, -0.1) is 0 Å². The molecule has 1 amide bonds. The Hall–Kier alpha value is -0.900. The van der Waals surface area contributed by atoms with Crippen LogP contribution in [0.3, 0.4) is 0 Å². The van der Waals surface area contributed by atoms with Crippen LogP contribution >= 0.6 is 0 Å². The van der Waals surface area contributed by atoms with Crippen LogP contribution in [-0.4, -0.2) is 55.3 Å². The fraction of sp³-hybridized carbons (Fsp3) is 0.857. The maximum absolute atomic E-state index is 11.7. The van der Waals surface area contributed by atoms with Crippen LogP contribution < -0.4 is 0 Å². The molecule has 0 atom stereocenters. The highest BCUT2D eigenvalue weighted by molar-refractivity contribution is 5.75. The molecular formula is C14H25N3O. The normalized spacial score (nSPS) is 24.2. The van der Waals surface area contributed by atoms with E-state index in [4.69, 9.17) is 0 Å². The Morgan fingerprint density at radius 2 is 1.72 bits per heavy atom. The second kappa shape index (κ2) is 5.83. The molecule has 0 N–H and O–H groups in total. The minimum Gasteiger partial charge on any atom is -0.343 e. The quantitative estimate of drug-likeness (QED) is 0.717. The van der Waals surface area contributed by atoms with Crippen molar-refractivity contribution in [3.8, 4) is 0 Å². The molecule has 2 rings (SSSR count). The van der Waals surface area contributed by atoms with Crippen LogP contribution in [0.1, 0.15) is 39.0 Å². The Morgan fingerprint density at radius 3 is 2.22 bits per heavy atom. The van der Waals surface area contributed by atoms with Gasteiger partial charge in [-0.1, -0.05) is 6.92 Å². The van der Waals surface area contributed by atoms with Gasteiger partial charge in [0.1, 0.15) is 0 Å². The van der Waals surface area contributed by atoms with Crippen molar-refractivity contribution in [2.75, 3.05) is 32.8 Å². The number of hydrogen-bond donors (Lipinski definition) is 0. The summed E-state index contributed by atoms with van der Waals surface area (Å²) in [5.41, 5.74) is 0.502. The van der Waals surface area contributed by atoms with Gasteiger partial charge in [0.15, 0.2) is 0 Å². The SMILES string of the molecule is C=NCN1CCC2(CC1)CCN(C(=O)CC)CC2. The maximum atomic E-state index is 11.7. The molecule has 2 fully saturated rings. The first-order chi connectivity index (χ1) is 8.69. The molecule has 18 heavy (non-hydrogen) atoms. The summed E-state index contributed by atoms with van der Waals surface area (Å²) < 4.78 is 0. The van der Waals surface area contributed by atoms with Crippen LogP contribution in [0.15, 0.2) is 4.99 Å². The number of nitrogens with zero attached hydrogens (tertiary/aromatic N) is 3. The van der Waals surface area contributed by atoms with Crippen molar-refractivity contribution >= 4 is 12.6 Å². The van der Waals surface area contributed by atoms with Gasteiger partial charge >= 0.3 is 0 Å². The van der Waals surface area contributed by atoms with E-state index in [0.29, 0.717) is 17.7 Å². The second-order valence-electron chi connectivity index (χ2n) is 5.72. The smallest absolute Gasteiger partial charge is 0.222 e. The lowest BCUT2D eigenvalue weighted by Gasteiger charge is -2.46. The fourth-order valence-electron chi connectivity index (χ4n) is 3.26. The molecule has 2 saturated heterocycles. The van der Waals surface area contributed by atoms with Gasteiger partial charge in [0.05, 0.1) is 6.67 Å². The number of hydrogen-bond acceptors (Lipinski definition) is 3. The summed E-state index contributed by atoms with van der Waals surface area (Å²) in [6, 6.07) is 0. The molecule has 2 heterocycles. The first-order valence-electron chi connectivity index (χ1n) is 7.12. The lowest BCUT2D eigenvalue weighted by atomic mass is 9.71. The van der Waals surface area contributed by atoms with Crippen molar-refractivity contribution in [3.05, 3.63) is 0 Å².